The summed E-state index contributed by atoms with van der Waals surface area (Å²) < 4.78 is 5.02. The normalized spacial score (nSPS) is 18.9. The molecular formula is C16H21N3O3. The largest absolute Gasteiger partial charge is 0.447 e. The predicted octanol–water partition coefficient (Wildman–Crippen LogP) is 1.27. The first-order valence-corrected chi connectivity index (χ1v) is 7.71. The number of ether oxygens (including phenoxy) is 1. The van der Waals surface area contributed by atoms with E-state index in [1.165, 1.54) is 0 Å². The number of nitrogens with two attached hydrogens (primary N) is 1. The number of fused-ring (bicyclic) bond motifs is 1. The average Bonchev–Trinajstić information content (AvgIpc) is 2.98. The summed E-state index contributed by atoms with van der Waals surface area (Å²) in [5.74, 6) is -0.000801. The van der Waals surface area contributed by atoms with Crippen LogP contribution >= 0.6 is 0 Å². The van der Waals surface area contributed by atoms with E-state index in [0.29, 0.717) is 32.7 Å². The highest BCUT2D eigenvalue weighted by atomic mass is 16.6. The van der Waals surface area contributed by atoms with Gasteiger partial charge in [-0.2, -0.15) is 0 Å². The molecule has 2 aliphatic heterocycles. The molecule has 0 aliphatic carbocycles. The fourth-order valence-electron chi connectivity index (χ4n) is 3.05. The number of hydrogen-bond donors (Lipinski definition) is 1. The lowest BCUT2D eigenvalue weighted by Gasteiger charge is -2.32. The van der Waals surface area contributed by atoms with Gasteiger partial charge in [-0.15, -0.1) is 0 Å². The molecule has 1 saturated heterocycles. The summed E-state index contributed by atoms with van der Waals surface area (Å²) in [6.07, 6.45) is 1.08. The highest BCUT2D eigenvalue weighted by Crippen LogP contribution is 2.30. The van der Waals surface area contributed by atoms with E-state index in [1.807, 2.05) is 30.0 Å². The van der Waals surface area contributed by atoms with Crippen LogP contribution in [0, 0.1) is 0 Å². The van der Waals surface area contributed by atoms with Gasteiger partial charge in [-0.3, -0.25) is 9.69 Å². The van der Waals surface area contributed by atoms with Crippen molar-refractivity contribution in [2.75, 3.05) is 24.6 Å². The van der Waals surface area contributed by atoms with Crippen molar-refractivity contribution in [3.05, 3.63) is 29.3 Å². The maximum absolute atomic E-state index is 12.2. The lowest BCUT2D eigenvalue weighted by Crippen LogP contribution is -2.45. The third-order valence-corrected chi connectivity index (χ3v) is 4.36. The summed E-state index contributed by atoms with van der Waals surface area (Å²) in [6.45, 7) is 4.12. The van der Waals surface area contributed by atoms with Gasteiger partial charge in [-0.1, -0.05) is 19.1 Å². The zero-order valence-corrected chi connectivity index (χ0v) is 12.7. The number of carbonyl (C=O) groups is 2. The lowest BCUT2D eigenvalue weighted by molar-refractivity contribution is -0.133. The van der Waals surface area contributed by atoms with Gasteiger partial charge in [0.1, 0.15) is 6.61 Å². The van der Waals surface area contributed by atoms with Gasteiger partial charge in [0, 0.05) is 13.1 Å². The fraction of sp³-hybridized carbons (Fsp3) is 0.500. The van der Waals surface area contributed by atoms with E-state index in [9.17, 15) is 9.59 Å². The number of nitrogens with zero attached hydrogens (tertiary/aromatic N) is 2. The van der Waals surface area contributed by atoms with E-state index in [4.69, 9.17) is 10.5 Å². The molecule has 2 N–H and O–H groups in total. The van der Waals surface area contributed by atoms with E-state index < -0.39 is 6.04 Å². The molecule has 0 saturated carbocycles. The number of amides is 2. The lowest BCUT2D eigenvalue weighted by atomic mass is 9.96. The Morgan fingerprint density at radius 1 is 1.41 bits per heavy atom. The highest BCUT2D eigenvalue weighted by molar-refractivity contribution is 5.90. The minimum Gasteiger partial charge on any atom is -0.447 e. The van der Waals surface area contributed by atoms with Gasteiger partial charge in [0.25, 0.3) is 0 Å². The third kappa shape index (κ3) is 2.54. The number of hydrogen-bond acceptors (Lipinski definition) is 4. The zero-order chi connectivity index (χ0) is 15.7. The number of carbonyl (C=O) groups excluding carboxylic acids is 2. The van der Waals surface area contributed by atoms with Crippen LogP contribution in [0.25, 0.3) is 0 Å². The molecule has 1 aromatic rings. The minimum absolute atomic E-state index is 0.000801. The van der Waals surface area contributed by atoms with Gasteiger partial charge >= 0.3 is 6.09 Å². The maximum Gasteiger partial charge on any atom is 0.414 e. The van der Waals surface area contributed by atoms with Crippen molar-refractivity contribution >= 4 is 17.7 Å². The van der Waals surface area contributed by atoms with E-state index in [1.54, 1.807) is 4.90 Å². The Hall–Kier alpha value is -2.08. The zero-order valence-electron chi connectivity index (χ0n) is 12.7. The molecule has 3 rings (SSSR count). The quantitative estimate of drug-likeness (QED) is 0.912. The Labute approximate surface area is 129 Å². The van der Waals surface area contributed by atoms with Crippen molar-refractivity contribution in [1.29, 1.82) is 0 Å². The molecule has 2 amide bonds. The van der Waals surface area contributed by atoms with Gasteiger partial charge < -0.3 is 15.4 Å². The second-order valence-electron chi connectivity index (χ2n) is 5.71. The van der Waals surface area contributed by atoms with Crippen LogP contribution < -0.4 is 10.6 Å². The molecule has 22 heavy (non-hydrogen) atoms. The molecule has 2 heterocycles. The number of cyclic esters (lactones) is 1. The van der Waals surface area contributed by atoms with Crippen LogP contribution in [0.15, 0.2) is 18.2 Å². The Morgan fingerprint density at radius 2 is 2.23 bits per heavy atom. The van der Waals surface area contributed by atoms with E-state index >= 15 is 0 Å². The number of rotatable bonds is 3. The van der Waals surface area contributed by atoms with Crippen molar-refractivity contribution in [3.8, 4) is 0 Å². The van der Waals surface area contributed by atoms with Gasteiger partial charge in [0.15, 0.2) is 0 Å². The molecule has 1 atom stereocenters. The smallest absolute Gasteiger partial charge is 0.414 e. The van der Waals surface area contributed by atoms with E-state index in [0.717, 1.165) is 23.2 Å². The summed E-state index contributed by atoms with van der Waals surface area (Å²) >= 11 is 0. The standard InChI is InChI=1S/C16H21N3O3/c1-2-13(17)15(20)18-7-6-12-11(10-18)4-3-5-14(12)19-8-9-22-16(19)21/h3-5,13H,2,6-10,17H2,1H3/t13-/m0/s1. The molecule has 1 fully saturated rings. The SMILES string of the molecule is CC[C@H](N)C(=O)N1CCc2c(cccc2N2CCOC2=O)C1. The first kappa shape index (κ1) is 14.8. The molecule has 118 valence electrons. The molecule has 0 bridgehead atoms. The predicted molar refractivity (Wildman–Crippen MR) is 82.5 cm³/mol. The average molecular weight is 303 g/mol. The second-order valence-corrected chi connectivity index (χ2v) is 5.71. The van der Waals surface area contributed by atoms with E-state index in [-0.39, 0.29) is 12.0 Å². The van der Waals surface area contributed by atoms with Crippen molar-refractivity contribution in [3.63, 3.8) is 0 Å². The van der Waals surface area contributed by atoms with Crippen molar-refractivity contribution in [2.24, 2.45) is 5.73 Å². The van der Waals surface area contributed by atoms with Crippen LogP contribution in [0.2, 0.25) is 0 Å². The van der Waals surface area contributed by atoms with Crippen LogP contribution in [0.4, 0.5) is 10.5 Å². The number of anilines is 1. The van der Waals surface area contributed by atoms with Gasteiger partial charge in [-0.05, 0) is 30.0 Å². The summed E-state index contributed by atoms with van der Waals surface area (Å²) in [5.41, 5.74) is 8.98. The van der Waals surface area contributed by atoms with Gasteiger partial charge in [-0.25, -0.2) is 4.79 Å². The molecule has 0 radical (unpaired) electrons. The summed E-state index contributed by atoms with van der Waals surface area (Å²) in [5, 5.41) is 0. The Bertz CT molecular complexity index is 602. The third-order valence-electron chi connectivity index (χ3n) is 4.36. The van der Waals surface area contributed by atoms with Crippen LogP contribution in [-0.2, 0) is 22.5 Å². The van der Waals surface area contributed by atoms with Crippen LogP contribution in [0.3, 0.4) is 0 Å². The Morgan fingerprint density at radius 3 is 2.91 bits per heavy atom. The molecule has 1 aromatic carbocycles. The molecule has 0 aromatic heterocycles. The maximum atomic E-state index is 12.2. The summed E-state index contributed by atoms with van der Waals surface area (Å²) in [6, 6.07) is 5.45. The first-order valence-electron chi connectivity index (χ1n) is 7.71. The van der Waals surface area contributed by atoms with E-state index in [2.05, 4.69) is 0 Å². The molecular weight excluding hydrogens is 282 g/mol. The molecule has 6 heteroatoms. The van der Waals surface area contributed by atoms with Crippen LogP contribution in [0.1, 0.15) is 24.5 Å². The van der Waals surface area contributed by atoms with Crippen molar-refractivity contribution in [2.45, 2.75) is 32.4 Å². The van der Waals surface area contributed by atoms with Crippen molar-refractivity contribution in [1.82, 2.24) is 4.90 Å². The van der Waals surface area contributed by atoms with Crippen LogP contribution in [0.5, 0.6) is 0 Å². The molecule has 0 spiro atoms. The highest BCUT2D eigenvalue weighted by Gasteiger charge is 2.30. The summed E-state index contributed by atoms with van der Waals surface area (Å²) in [4.78, 5) is 27.5. The Kier molecular flexibility index (Phi) is 4.02. The molecule has 0 unspecified atom stereocenters. The van der Waals surface area contributed by atoms with Crippen LogP contribution in [-0.4, -0.2) is 42.6 Å². The fourth-order valence-corrected chi connectivity index (χ4v) is 3.05. The molecule has 2 aliphatic rings. The van der Waals surface area contributed by atoms with Gasteiger partial charge in [0.2, 0.25) is 5.91 Å². The second kappa shape index (κ2) is 5.96. The summed E-state index contributed by atoms with van der Waals surface area (Å²) in [7, 11) is 0. The Balaban J connectivity index is 1.84. The monoisotopic (exact) mass is 303 g/mol. The minimum atomic E-state index is -0.432. The topological polar surface area (TPSA) is 75.9 Å². The van der Waals surface area contributed by atoms with Gasteiger partial charge in [0.05, 0.1) is 18.3 Å². The first-order chi connectivity index (χ1) is 10.6. The van der Waals surface area contributed by atoms with Crippen molar-refractivity contribution < 1.29 is 14.3 Å². The number of benzene rings is 1. The molecule has 6 nitrogen and oxygen atoms in total.